The molecule has 0 saturated heterocycles. The van der Waals surface area contributed by atoms with Gasteiger partial charge in [-0.25, -0.2) is 13.1 Å². The van der Waals surface area contributed by atoms with E-state index in [4.69, 9.17) is 27.9 Å². The van der Waals surface area contributed by atoms with Crippen LogP contribution in [0, 0.1) is 13.8 Å². The number of aromatic nitrogens is 2. The first-order valence-corrected chi connectivity index (χ1v) is 19.5. The second kappa shape index (κ2) is 16.3. The van der Waals surface area contributed by atoms with Crippen molar-refractivity contribution in [1.82, 2.24) is 19.2 Å². The van der Waals surface area contributed by atoms with Crippen molar-refractivity contribution >= 4 is 55.9 Å². The molecule has 1 unspecified atom stereocenters. The Bertz CT molecular complexity index is 2350. The van der Waals surface area contributed by atoms with Gasteiger partial charge in [0.25, 0.3) is 21.8 Å². The van der Waals surface area contributed by atoms with Crippen molar-refractivity contribution in [2.75, 3.05) is 6.61 Å². The van der Waals surface area contributed by atoms with Crippen LogP contribution in [0.1, 0.15) is 62.1 Å². The highest BCUT2D eigenvalue weighted by atomic mass is 35.5. The molecule has 0 aliphatic carbocycles. The lowest BCUT2D eigenvalue weighted by Gasteiger charge is -2.18. The fourth-order valence-electron chi connectivity index (χ4n) is 6.41. The number of hydrogen-bond donors (Lipinski definition) is 2. The number of benzene rings is 4. The van der Waals surface area contributed by atoms with E-state index < -0.39 is 27.2 Å². The summed E-state index contributed by atoms with van der Waals surface area (Å²) in [4.78, 5) is 27.6. The van der Waals surface area contributed by atoms with Gasteiger partial charge in [-0.3, -0.25) is 9.59 Å². The standard InChI is InChI=1S/C41H40Cl2N4O5S/c1-27-22-33(23-28(2)38(27)43)52-21-11-16-35-34-19-18-32(42)24-37(34)47(26-31-14-8-5-9-15-31)39(35)41(49)45-53(50,51)29(3)44-40(48)36-17-10-20-46(36)25-30-12-6-4-7-13-30/h4-10,12-15,17-20,22-24,29H,11,16,21,25-26H2,1-3H3,(H,44,48)(H,45,49). The molecule has 2 heterocycles. The number of aryl methyl sites for hydroxylation is 3. The van der Waals surface area contributed by atoms with Crippen LogP contribution in [0.15, 0.2) is 109 Å². The minimum atomic E-state index is -4.41. The highest BCUT2D eigenvalue weighted by molar-refractivity contribution is 7.90. The number of rotatable bonds is 14. The van der Waals surface area contributed by atoms with Crippen LogP contribution in [-0.2, 0) is 29.5 Å². The van der Waals surface area contributed by atoms with Crippen molar-refractivity contribution in [3.63, 3.8) is 0 Å². The van der Waals surface area contributed by atoms with Gasteiger partial charge in [-0.15, -0.1) is 0 Å². The summed E-state index contributed by atoms with van der Waals surface area (Å²) in [7, 11) is -4.41. The van der Waals surface area contributed by atoms with E-state index in [2.05, 4.69) is 10.0 Å². The minimum Gasteiger partial charge on any atom is -0.494 e. The first-order valence-electron chi connectivity index (χ1n) is 17.2. The third kappa shape index (κ3) is 8.79. The lowest BCUT2D eigenvalue weighted by molar-refractivity contribution is 0.0934. The number of halogens is 2. The van der Waals surface area contributed by atoms with Crippen LogP contribution >= 0.6 is 23.2 Å². The molecule has 53 heavy (non-hydrogen) atoms. The molecule has 2 N–H and O–H groups in total. The second-order valence-electron chi connectivity index (χ2n) is 13.0. The molecule has 0 fully saturated rings. The predicted octanol–water partition coefficient (Wildman–Crippen LogP) is 8.31. The van der Waals surface area contributed by atoms with E-state index >= 15 is 0 Å². The second-order valence-corrected chi connectivity index (χ2v) is 15.8. The molecule has 0 radical (unpaired) electrons. The monoisotopic (exact) mass is 770 g/mol. The number of carbonyl (C=O) groups is 2. The Labute approximate surface area is 319 Å². The van der Waals surface area contributed by atoms with Crippen LogP contribution in [0.5, 0.6) is 5.75 Å². The van der Waals surface area contributed by atoms with E-state index in [1.165, 1.54) is 6.92 Å². The third-order valence-corrected chi connectivity index (χ3v) is 11.4. The molecule has 2 aromatic heterocycles. The third-order valence-electron chi connectivity index (χ3n) is 9.07. The van der Waals surface area contributed by atoms with E-state index in [1.54, 1.807) is 39.6 Å². The van der Waals surface area contributed by atoms with Crippen LogP contribution in [0.4, 0.5) is 0 Å². The largest absolute Gasteiger partial charge is 0.494 e. The van der Waals surface area contributed by atoms with Crippen molar-refractivity contribution in [3.8, 4) is 5.75 Å². The number of nitrogens with zero attached hydrogens (tertiary/aromatic N) is 2. The van der Waals surface area contributed by atoms with Gasteiger partial charge >= 0.3 is 0 Å². The van der Waals surface area contributed by atoms with Crippen LogP contribution in [0.2, 0.25) is 10.0 Å². The fraction of sp³-hybridized carbons (Fsp3) is 0.220. The van der Waals surface area contributed by atoms with E-state index in [9.17, 15) is 18.0 Å². The van der Waals surface area contributed by atoms with Crippen molar-refractivity contribution in [2.24, 2.45) is 0 Å². The van der Waals surface area contributed by atoms with Crippen molar-refractivity contribution in [3.05, 3.63) is 159 Å². The molecule has 0 saturated carbocycles. The molecule has 4 aromatic carbocycles. The summed E-state index contributed by atoms with van der Waals surface area (Å²) in [5.74, 6) is -0.715. The predicted molar refractivity (Wildman–Crippen MR) is 211 cm³/mol. The van der Waals surface area contributed by atoms with Crippen LogP contribution in [-0.4, -0.2) is 41.3 Å². The van der Waals surface area contributed by atoms with Crippen LogP contribution < -0.4 is 14.8 Å². The smallest absolute Gasteiger partial charge is 0.281 e. The highest BCUT2D eigenvalue weighted by Gasteiger charge is 2.30. The van der Waals surface area contributed by atoms with Gasteiger partial charge in [0.05, 0.1) is 12.1 Å². The number of amides is 2. The Hall–Kier alpha value is -5.03. The average Bonchev–Trinajstić information content (AvgIpc) is 3.71. The van der Waals surface area contributed by atoms with Gasteiger partial charge in [-0.2, -0.15) is 0 Å². The maximum absolute atomic E-state index is 14.3. The normalized spacial score (nSPS) is 12.1. The molecule has 0 aliphatic heterocycles. The van der Waals surface area contributed by atoms with Gasteiger partial charge in [0.1, 0.15) is 22.5 Å². The molecule has 0 spiro atoms. The summed E-state index contributed by atoms with van der Waals surface area (Å²) in [5, 5.41) is 3.06. The molecule has 12 heteroatoms. The van der Waals surface area contributed by atoms with Crippen molar-refractivity contribution < 1.29 is 22.7 Å². The Kier molecular flexibility index (Phi) is 11.6. The van der Waals surface area contributed by atoms with E-state index in [-0.39, 0.29) is 17.9 Å². The Morgan fingerprint density at radius 1 is 0.811 bits per heavy atom. The van der Waals surface area contributed by atoms with E-state index in [1.807, 2.05) is 92.7 Å². The Morgan fingerprint density at radius 2 is 1.45 bits per heavy atom. The molecular weight excluding hydrogens is 731 g/mol. The molecule has 274 valence electrons. The molecule has 6 aromatic rings. The summed E-state index contributed by atoms with van der Waals surface area (Å²) in [5.41, 5.74) is 5.52. The zero-order valence-electron chi connectivity index (χ0n) is 29.6. The molecule has 2 amide bonds. The quantitative estimate of drug-likeness (QED) is 0.108. The summed E-state index contributed by atoms with van der Waals surface area (Å²) in [6.07, 6.45) is 2.68. The number of carbonyl (C=O) groups excluding carboxylic acids is 2. The number of ether oxygens (including phenoxy) is 1. The molecule has 0 bridgehead atoms. The van der Waals surface area contributed by atoms with Crippen molar-refractivity contribution in [1.29, 1.82) is 0 Å². The number of hydrogen-bond acceptors (Lipinski definition) is 5. The number of sulfonamides is 1. The van der Waals surface area contributed by atoms with Crippen LogP contribution in [0.25, 0.3) is 10.9 Å². The van der Waals surface area contributed by atoms with Gasteiger partial charge in [-0.05, 0) is 97.8 Å². The van der Waals surface area contributed by atoms with E-state index in [0.717, 1.165) is 27.6 Å². The average molecular weight is 772 g/mol. The molecule has 9 nitrogen and oxygen atoms in total. The van der Waals surface area contributed by atoms with Gasteiger partial charge in [-0.1, -0.05) is 89.9 Å². The SMILES string of the molecule is Cc1cc(OCCCc2c(C(=O)NS(=O)(=O)C(C)NC(=O)c3cccn3Cc3ccccc3)n(Cc3ccccc3)c3cc(Cl)ccc23)cc(C)c1Cl. The Balaban J connectivity index is 1.26. The van der Waals surface area contributed by atoms with Gasteiger partial charge in [0, 0.05) is 34.7 Å². The zero-order valence-corrected chi connectivity index (χ0v) is 31.9. The number of nitrogens with one attached hydrogen (secondary N) is 2. The lowest BCUT2D eigenvalue weighted by atomic mass is 10.1. The summed E-state index contributed by atoms with van der Waals surface area (Å²) in [6, 6.07) is 31.7. The highest BCUT2D eigenvalue weighted by Crippen LogP contribution is 2.32. The molecule has 0 aliphatic rings. The van der Waals surface area contributed by atoms with Crippen LogP contribution in [0.3, 0.4) is 0 Å². The molecule has 6 rings (SSSR count). The fourth-order valence-corrected chi connectivity index (χ4v) is 7.48. The topological polar surface area (TPSA) is 111 Å². The van der Waals surface area contributed by atoms with E-state index in [0.29, 0.717) is 52.9 Å². The Morgan fingerprint density at radius 3 is 2.11 bits per heavy atom. The summed E-state index contributed by atoms with van der Waals surface area (Å²) in [6.45, 7) is 6.22. The first-order chi connectivity index (χ1) is 25.4. The number of fused-ring (bicyclic) bond motifs is 1. The molecular formula is C41H40Cl2N4O5S. The minimum absolute atomic E-state index is 0.183. The van der Waals surface area contributed by atoms with Gasteiger partial charge < -0.3 is 19.2 Å². The lowest BCUT2D eigenvalue weighted by Crippen LogP contribution is -2.47. The maximum Gasteiger partial charge on any atom is 0.281 e. The summed E-state index contributed by atoms with van der Waals surface area (Å²) >= 11 is 12.8. The van der Waals surface area contributed by atoms with Crippen molar-refractivity contribution in [2.45, 2.75) is 52.1 Å². The van der Waals surface area contributed by atoms with Gasteiger partial charge in [0.2, 0.25) is 0 Å². The zero-order chi connectivity index (χ0) is 37.7. The maximum atomic E-state index is 14.3. The molecule has 1 atom stereocenters. The summed E-state index contributed by atoms with van der Waals surface area (Å²) < 4.78 is 39.3. The first kappa shape index (κ1) is 37.7. The van der Waals surface area contributed by atoms with Gasteiger partial charge in [0.15, 0.2) is 0 Å².